The summed E-state index contributed by atoms with van der Waals surface area (Å²) in [5.41, 5.74) is 10.0. The van der Waals surface area contributed by atoms with Crippen LogP contribution in [0, 0.1) is 0 Å². The minimum atomic E-state index is -2.44. The zero-order valence-electron chi connectivity index (χ0n) is 6.59. The molecule has 1 unspecified atom stereocenters. The third-order valence-corrected chi connectivity index (χ3v) is 1.29. The minimum absolute atomic E-state index is 0.0107. The Labute approximate surface area is 69.3 Å². The lowest BCUT2D eigenvalue weighted by Gasteiger charge is -2.13. The number of amides is 1. The van der Waals surface area contributed by atoms with Crippen LogP contribution in [0.5, 0.6) is 0 Å². The first kappa shape index (κ1) is 11.2. The van der Waals surface area contributed by atoms with Gasteiger partial charge in [-0.2, -0.15) is 0 Å². The van der Waals surface area contributed by atoms with Gasteiger partial charge in [0.05, 0.1) is 6.54 Å². The highest BCUT2D eigenvalue weighted by molar-refractivity contribution is 5.74. The molecule has 0 fully saturated rings. The monoisotopic (exact) mass is 181 g/mol. The van der Waals surface area contributed by atoms with E-state index in [4.69, 9.17) is 11.5 Å². The summed E-state index contributed by atoms with van der Waals surface area (Å²) in [6.07, 6.45) is -2.45. The van der Waals surface area contributed by atoms with Crippen molar-refractivity contribution in [2.45, 2.75) is 18.9 Å². The van der Waals surface area contributed by atoms with Crippen LogP contribution in [0.1, 0.15) is 6.42 Å². The summed E-state index contributed by atoms with van der Waals surface area (Å²) in [6, 6.07) is -0.448. The van der Waals surface area contributed by atoms with E-state index >= 15 is 0 Å². The molecule has 0 saturated heterocycles. The lowest BCUT2D eigenvalue weighted by molar-refractivity contribution is -0.118. The van der Waals surface area contributed by atoms with Gasteiger partial charge >= 0.3 is 0 Å². The molecule has 0 spiro atoms. The smallest absolute Gasteiger partial charge is 0.250 e. The summed E-state index contributed by atoms with van der Waals surface area (Å²) in [6.45, 7) is -0.342. The molecule has 0 rings (SSSR count). The van der Waals surface area contributed by atoms with E-state index in [0.717, 1.165) is 0 Å². The number of alkyl halides is 2. The molecule has 0 aliphatic heterocycles. The quantitative estimate of drug-likeness (QED) is 0.494. The Kier molecular flexibility index (Phi) is 5.48. The fourth-order valence-electron chi connectivity index (χ4n) is 0.737. The zero-order valence-corrected chi connectivity index (χ0v) is 6.59. The van der Waals surface area contributed by atoms with Crippen molar-refractivity contribution in [3.8, 4) is 0 Å². The van der Waals surface area contributed by atoms with Gasteiger partial charge in [0.2, 0.25) is 5.91 Å². The van der Waals surface area contributed by atoms with Gasteiger partial charge in [-0.3, -0.25) is 4.79 Å². The SMILES string of the molecule is NCC(CC(N)=O)NCC(F)F. The van der Waals surface area contributed by atoms with Crippen molar-refractivity contribution in [3.05, 3.63) is 0 Å². The largest absolute Gasteiger partial charge is 0.370 e. The molecule has 0 heterocycles. The number of hydrogen-bond acceptors (Lipinski definition) is 3. The van der Waals surface area contributed by atoms with Gasteiger partial charge in [0.25, 0.3) is 6.43 Å². The van der Waals surface area contributed by atoms with Crippen molar-refractivity contribution >= 4 is 5.91 Å². The fraction of sp³-hybridized carbons (Fsp3) is 0.833. The van der Waals surface area contributed by atoms with E-state index in [9.17, 15) is 13.6 Å². The zero-order chi connectivity index (χ0) is 9.56. The second kappa shape index (κ2) is 5.84. The topological polar surface area (TPSA) is 81.1 Å². The molecule has 72 valence electrons. The molecular weight excluding hydrogens is 168 g/mol. The summed E-state index contributed by atoms with van der Waals surface area (Å²) in [4.78, 5) is 10.4. The molecule has 0 aromatic rings. The van der Waals surface area contributed by atoms with E-state index in [1.807, 2.05) is 0 Å². The molecule has 0 aliphatic rings. The van der Waals surface area contributed by atoms with E-state index in [1.165, 1.54) is 0 Å². The summed E-state index contributed by atoms with van der Waals surface area (Å²) >= 11 is 0. The van der Waals surface area contributed by atoms with Crippen LogP contribution in [-0.4, -0.2) is 31.5 Å². The van der Waals surface area contributed by atoms with Gasteiger partial charge in [-0.25, -0.2) is 8.78 Å². The molecule has 12 heavy (non-hydrogen) atoms. The highest BCUT2D eigenvalue weighted by Gasteiger charge is 2.11. The Morgan fingerprint density at radius 1 is 1.50 bits per heavy atom. The number of hydrogen-bond donors (Lipinski definition) is 3. The number of halogens is 2. The molecular formula is C6H13F2N3O. The third kappa shape index (κ3) is 5.99. The van der Waals surface area contributed by atoms with Gasteiger partial charge in [0.1, 0.15) is 0 Å². The molecule has 0 saturated carbocycles. The van der Waals surface area contributed by atoms with Crippen molar-refractivity contribution < 1.29 is 13.6 Å². The van der Waals surface area contributed by atoms with Crippen LogP contribution in [0.25, 0.3) is 0 Å². The summed E-state index contributed by atoms with van der Waals surface area (Å²) in [5, 5.41) is 2.42. The lowest BCUT2D eigenvalue weighted by atomic mass is 10.2. The maximum absolute atomic E-state index is 11.6. The number of primary amides is 1. The van der Waals surface area contributed by atoms with Crippen LogP contribution in [0.2, 0.25) is 0 Å². The van der Waals surface area contributed by atoms with Crippen LogP contribution in [0.4, 0.5) is 8.78 Å². The normalized spacial score (nSPS) is 13.3. The molecule has 0 aromatic heterocycles. The summed E-state index contributed by atoms with van der Waals surface area (Å²) < 4.78 is 23.3. The number of nitrogens with two attached hydrogens (primary N) is 2. The predicted molar refractivity (Wildman–Crippen MR) is 40.7 cm³/mol. The van der Waals surface area contributed by atoms with Crippen molar-refractivity contribution in [3.63, 3.8) is 0 Å². The summed E-state index contributed by atoms with van der Waals surface area (Å²) in [7, 11) is 0. The van der Waals surface area contributed by atoms with Crippen LogP contribution >= 0.6 is 0 Å². The second-order valence-corrected chi connectivity index (χ2v) is 2.40. The highest BCUT2D eigenvalue weighted by Crippen LogP contribution is 1.92. The fourth-order valence-corrected chi connectivity index (χ4v) is 0.737. The van der Waals surface area contributed by atoms with Gasteiger partial charge in [-0.05, 0) is 0 Å². The van der Waals surface area contributed by atoms with Gasteiger partial charge in [0, 0.05) is 19.0 Å². The molecule has 4 nitrogen and oxygen atoms in total. The average Bonchev–Trinajstić information content (AvgIpc) is 1.97. The maximum atomic E-state index is 11.6. The summed E-state index contributed by atoms with van der Waals surface area (Å²) in [5.74, 6) is -0.549. The van der Waals surface area contributed by atoms with Gasteiger partial charge < -0.3 is 16.8 Å². The van der Waals surface area contributed by atoms with Crippen LogP contribution in [0.3, 0.4) is 0 Å². The Hall–Kier alpha value is -0.750. The molecule has 6 heteroatoms. The first-order chi connectivity index (χ1) is 5.56. The van der Waals surface area contributed by atoms with Gasteiger partial charge in [0.15, 0.2) is 0 Å². The molecule has 1 atom stereocenters. The van der Waals surface area contributed by atoms with Crippen molar-refractivity contribution in [1.82, 2.24) is 5.32 Å². The number of carbonyl (C=O) groups is 1. The number of carbonyl (C=O) groups excluding carboxylic acids is 1. The van der Waals surface area contributed by atoms with Gasteiger partial charge in [-0.15, -0.1) is 0 Å². The Bertz CT molecular complexity index is 143. The van der Waals surface area contributed by atoms with Crippen molar-refractivity contribution in [2.75, 3.05) is 13.1 Å². The van der Waals surface area contributed by atoms with E-state index in [-0.39, 0.29) is 13.0 Å². The first-order valence-corrected chi connectivity index (χ1v) is 3.56. The lowest BCUT2D eigenvalue weighted by Crippen LogP contribution is -2.41. The predicted octanol–water partition coefficient (Wildman–Crippen LogP) is -0.956. The first-order valence-electron chi connectivity index (χ1n) is 3.56. The van der Waals surface area contributed by atoms with Crippen molar-refractivity contribution in [1.29, 1.82) is 0 Å². The van der Waals surface area contributed by atoms with Crippen molar-refractivity contribution in [2.24, 2.45) is 11.5 Å². The standard InChI is InChI=1S/C6H13F2N3O/c7-5(8)3-11-4(2-9)1-6(10)12/h4-5,11H,1-3,9H2,(H2,10,12). The van der Waals surface area contributed by atoms with E-state index in [2.05, 4.69) is 5.32 Å². The molecule has 0 radical (unpaired) electrons. The molecule has 0 aliphatic carbocycles. The van der Waals surface area contributed by atoms with E-state index < -0.39 is 24.9 Å². The minimum Gasteiger partial charge on any atom is -0.370 e. The average molecular weight is 181 g/mol. The van der Waals surface area contributed by atoms with E-state index in [1.54, 1.807) is 0 Å². The Morgan fingerprint density at radius 2 is 2.08 bits per heavy atom. The third-order valence-electron chi connectivity index (χ3n) is 1.29. The molecule has 0 bridgehead atoms. The van der Waals surface area contributed by atoms with Crippen LogP contribution in [0.15, 0.2) is 0 Å². The number of rotatable bonds is 6. The number of nitrogens with one attached hydrogen (secondary N) is 1. The Balaban J connectivity index is 3.60. The van der Waals surface area contributed by atoms with Gasteiger partial charge in [-0.1, -0.05) is 0 Å². The molecule has 5 N–H and O–H groups in total. The highest BCUT2D eigenvalue weighted by atomic mass is 19.3. The van der Waals surface area contributed by atoms with Crippen LogP contribution in [-0.2, 0) is 4.79 Å². The maximum Gasteiger partial charge on any atom is 0.250 e. The molecule has 0 aromatic carbocycles. The second-order valence-electron chi connectivity index (χ2n) is 2.40. The molecule has 1 amide bonds. The van der Waals surface area contributed by atoms with Crippen LogP contribution < -0.4 is 16.8 Å². The van der Waals surface area contributed by atoms with E-state index in [0.29, 0.717) is 0 Å². The Morgan fingerprint density at radius 3 is 2.42 bits per heavy atom.